The van der Waals surface area contributed by atoms with E-state index in [0.717, 1.165) is 29.3 Å². The molecule has 32 heavy (non-hydrogen) atoms. The summed E-state index contributed by atoms with van der Waals surface area (Å²) < 4.78 is 5.17. The Bertz CT molecular complexity index is 1070. The monoisotopic (exact) mass is 434 g/mol. The number of H-pyrrole nitrogens is 1. The number of aromatic amines is 1. The van der Waals surface area contributed by atoms with Gasteiger partial charge in [-0.3, -0.25) is 9.89 Å². The van der Waals surface area contributed by atoms with Crippen molar-refractivity contribution in [1.29, 1.82) is 0 Å². The number of rotatable bonds is 3. The number of nitrogens with zero attached hydrogens (tertiary/aromatic N) is 1. The molecule has 2 heterocycles. The summed E-state index contributed by atoms with van der Waals surface area (Å²) in [7, 11) is 0. The molecule has 5 rings (SSSR count). The largest absolute Gasteiger partial charge is 0.441 e. The van der Waals surface area contributed by atoms with Crippen molar-refractivity contribution in [2.75, 3.05) is 0 Å². The molecule has 1 saturated carbocycles. The normalized spacial score (nSPS) is 20.1. The predicted octanol–water partition coefficient (Wildman–Crippen LogP) is 4.87. The van der Waals surface area contributed by atoms with E-state index in [-0.39, 0.29) is 18.0 Å². The maximum absolute atomic E-state index is 12.3. The highest BCUT2D eigenvalue weighted by atomic mass is 16.6. The van der Waals surface area contributed by atoms with Gasteiger partial charge in [0.1, 0.15) is 5.60 Å². The van der Waals surface area contributed by atoms with Crippen molar-refractivity contribution < 1.29 is 14.3 Å². The number of carbonyl (C=O) groups excluding carboxylic acids is 2. The highest BCUT2D eigenvalue weighted by molar-refractivity contribution is 6.06. The lowest BCUT2D eigenvalue weighted by Gasteiger charge is -2.23. The molecule has 2 fully saturated rings. The minimum absolute atomic E-state index is 0.0221. The zero-order chi connectivity index (χ0) is 22.6. The lowest BCUT2D eigenvalue weighted by atomic mass is 9.93. The molecule has 1 aromatic heterocycles. The average Bonchev–Trinajstić information content (AvgIpc) is 3.38. The van der Waals surface area contributed by atoms with Crippen molar-refractivity contribution in [3.8, 4) is 0 Å². The number of hydrogen-bond donors (Lipinski definition) is 3. The number of fused-ring (bicyclic) bond motifs is 1. The van der Waals surface area contributed by atoms with Crippen LogP contribution in [0.1, 0.15) is 67.9 Å². The molecule has 0 radical (unpaired) electrons. The van der Waals surface area contributed by atoms with Gasteiger partial charge in [0.2, 0.25) is 0 Å². The lowest BCUT2D eigenvalue weighted by Crippen LogP contribution is -2.36. The van der Waals surface area contributed by atoms with Crippen LogP contribution in [-0.2, 0) is 4.74 Å². The van der Waals surface area contributed by atoms with Crippen molar-refractivity contribution in [1.82, 2.24) is 20.8 Å². The van der Waals surface area contributed by atoms with Crippen LogP contribution in [0.25, 0.3) is 10.9 Å². The Morgan fingerprint density at radius 1 is 1.06 bits per heavy atom. The number of ether oxygens (including phenoxy) is 1. The van der Waals surface area contributed by atoms with E-state index in [1.807, 2.05) is 62.4 Å². The first-order valence-electron chi connectivity index (χ1n) is 11.2. The second-order valence-electron chi connectivity index (χ2n) is 8.93. The van der Waals surface area contributed by atoms with E-state index in [0.29, 0.717) is 11.6 Å². The Morgan fingerprint density at radius 2 is 1.81 bits per heavy atom. The molecular weight excluding hydrogens is 404 g/mol. The van der Waals surface area contributed by atoms with Gasteiger partial charge in [0.05, 0.1) is 23.3 Å². The summed E-state index contributed by atoms with van der Waals surface area (Å²) in [5.41, 5.74) is 2.22. The fourth-order valence-corrected chi connectivity index (χ4v) is 4.43. The van der Waals surface area contributed by atoms with Crippen molar-refractivity contribution in [2.24, 2.45) is 0 Å². The second-order valence-corrected chi connectivity index (χ2v) is 8.93. The van der Waals surface area contributed by atoms with Gasteiger partial charge in [-0.25, -0.2) is 4.79 Å². The minimum Gasteiger partial charge on any atom is -0.441 e. The van der Waals surface area contributed by atoms with Gasteiger partial charge in [-0.1, -0.05) is 55.7 Å². The molecule has 0 spiro atoms. The van der Waals surface area contributed by atoms with E-state index in [2.05, 4.69) is 20.8 Å². The van der Waals surface area contributed by atoms with Gasteiger partial charge in [0.25, 0.3) is 5.91 Å². The summed E-state index contributed by atoms with van der Waals surface area (Å²) in [6, 6.07) is 15.8. The van der Waals surface area contributed by atoms with Gasteiger partial charge in [-0.2, -0.15) is 5.10 Å². The Labute approximate surface area is 187 Å². The second kappa shape index (κ2) is 9.42. The molecule has 1 atom stereocenters. The van der Waals surface area contributed by atoms with Gasteiger partial charge >= 0.3 is 6.09 Å². The van der Waals surface area contributed by atoms with Crippen LogP contribution in [0.2, 0.25) is 0 Å². The summed E-state index contributed by atoms with van der Waals surface area (Å²) in [5.74, 6) is 0.0221. The van der Waals surface area contributed by atoms with Gasteiger partial charge in [-0.15, -0.1) is 0 Å². The average molecular weight is 435 g/mol. The molecule has 1 saturated heterocycles. The lowest BCUT2D eigenvalue weighted by molar-refractivity contribution is 0.0684. The summed E-state index contributed by atoms with van der Waals surface area (Å²) in [4.78, 5) is 23.4. The standard InChI is InChI=1S/C14H17N3O.C11H13NO2/c18-14(16-10-5-2-1-3-6-10)11-7-4-8-13-12(11)9-15-17-13;1-11(2)9(12-10(13)14-11)8-6-4-3-5-7-8/h4,7-10H,1-3,5-6H2,(H,15,17)(H,16,18);3-7,9H,1-2H3,(H,12,13)/t;9-/m.0/s1. The van der Waals surface area contributed by atoms with Gasteiger partial charge in [0.15, 0.2) is 0 Å². The molecule has 1 aliphatic carbocycles. The fraction of sp³-hybridized carbons (Fsp3) is 0.400. The van der Waals surface area contributed by atoms with Crippen molar-refractivity contribution >= 4 is 22.9 Å². The highest BCUT2D eigenvalue weighted by Crippen LogP contribution is 2.33. The molecule has 7 nitrogen and oxygen atoms in total. The number of cyclic esters (lactones) is 1. The van der Waals surface area contributed by atoms with E-state index in [1.54, 1.807) is 6.20 Å². The zero-order valence-electron chi connectivity index (χ0n) is 18.6. The predicted molar refractivity (Wildman–Crippen MR) is 123 cm³/mol. The van der Waals surface area contributed by atoms with Gasteiger partial charge < -0.3 is 15.4 Å². The third kappa shape index (κ3) is 4.93. The van der Waals surface area contributed by atoms with Crippen LogP contribution in [-0.4, -0.2) is 33.8 Å². The number of aromatic nitrogens is 2. The van der Waals surface area contributed by atoms with E-state index in [9.17, 15) is 9.59 Å². The maximum atomic E-state index is 12.3. The first-order valence-corrected chi connectivity index (χ1v) is 11.2. The molecular formula is C25H30N4O3. The van der Waals surface area contributed by atoms with Crippen LogP contribution < -0.4 is 10.6 Å². The first-order chi connectivity index (χ1) is 15.4. The molecule has 2 aromatic carbocycles. The highest BCUT2D eigenvalue weighted by Gasteiger charge is 2.41. The number of carbonyl (C=O) groups is 2. The van der Waals surface area contributed by atoms with Crippen LogP contribution in [0, 0.1) is 0 Å². The van der Waals surface area contributed by atoms with Crippen LogP contribution >= 0.6 is 0 Å². The third-order valence-electron chi connectivity index (χ3n) is 6.12. The van der Waals surface area contributed by atoms with Crippen molar-refractivity contribution in [3.05, 3.63) is 65.9 Å². The van der Waals surface area contributed by atoms with Crippen LogP contribution in [0.3, 0.4) is 0 Å². The van der Waals surface area contributed by atoms with Crippen molar-refractivity contribution in [3.63, 3.8) is 0 Å². The minimum atomic E-state index is -0.474. The van der Waals surface area contributed by atoms with E-state index >= 15 is 0 Å². The summed E-state index contributed by atoms with van der Waals surface area (Å²) in [6.07, 6.45) is 7.32. The van der Waals surface area contributed by atoms with Crippen molar-refractivity contribution in [2.45, 2.75) is 63.6 Å². The van der Waals surface area contributed by atoms with Crippen LogP contribution in [0.4, 0.5) is 4.79 Å². The van der Waals surface area contributed by atoms with Crippen LogP contribution in [0.5, 0.6) is 0 Å². The molecule has 3 N–H and O–H groups in total. The molecule has 7 heteroatoms. The molecule has 2 aliphatic rings. The molecule has 0 unspecified atom stereocenters. The molecule has 168 valence electrons. The van der Waals surface area contributed by atoms with E-state index in [4.69, 9.17) is 4.74 Å². The zero-order valence-corrected chi connectivity index (χ0v) is 18.6. The maximum Gasteiger partial charge on any atom is 0.408 e. The number of alkyl carbamates (subject to hydrolysis) is 1. The quantitative estimate of drug-likeness (QED) is 0.548. The number of amides is 2. The summed E-state index contributed by atoms with van der Waals surface area (Å²) >= 11 is 0. The SMILES string of the molecule is CC1(C)OC(=O)N[C@H]1c1ccccc1.O=C(NC1CCCCC1)c1cccc2[nH]ncc12. The molecule has 0 bridgehead atoms. The third-order valence-corrected chi connectivity index (χ3v) is 6.12. The Kier molecular flexibility index (Phi) is 6.44. The molecule has 2 amide bonds. The number of nitrogens with one attached hydrogen (secondary N) is 3. The Hall–Kier alpha value is -3.35. The van der Waals surface area contributed by atoms with E-state index in [1.165, 1.54) is 19.3 Å². The summed E-state index contributed by atoms with van der Waals surface area (Å²) in [5, 5.41) is 13.7. The Balaban J connectivity index is 0.000000158. The number of hydrogen-bond acceptors (Lipinski definition) is 4. The van der Waals surface area contributed by atoms with E-state index < -0.39 is 5.60 Å². The molecule has 3 aromatic rings. The van der Waals surface area contributed by atoms with Gasteiger partial charge in [-0.05, 0) is 44.4 Å². The number of benzene rings is 2. The topological polar surface area (TPSA) is 96.1 Å². The molecule has 1 aliphatic heterocycles. The fourth-order valence-electron chi connectivity index (χ4n) is 4.43. The van der Waals surface area contributed by atoms with Crippen LogP contribution in [0.15, 0.2) is 54.7 Å². The first kappa shape index (κ1) is 21.9. The Morgan fingerprint density at radius 3 is 2.50 bits per heavy atom. The smallest absolute Gasteiger partial charge is 0.408 e. The summed E-state index contributed by atoms with van der Waals surface area (Å²) in [6.45, 7) is 3.81. The van der Waals surface area contributed by atoms with Gasteiger partial charge in [0, 0.05) is 11.4 Å².